The van der Waals surface area contributed by atoms with Crippen LogP contribution < -0.4 is 4.57 Å². The first-order valence-corrected chi connectivity index (χ1v) is 8.38. The van der Waals surface area contributed by atoms with E-state index in [2.05, 4.69) is 61.6 Å². The number of pyridine rings is 1. The van der Waals surface area contributed by atoms with Gasteiger partial charge in [-0.2, -0.15) is 4.57 Å². The topological polar surface area (TPSA) is 16.8 Å². The Labute approximate surface area is 137 Å². The number of benzene rings is 1. The summed E-state index contributed by atoms with van der Waals surface area (Å²) in [7, 11) is 2.09. The van der Waals surface area contributed by atoms with Crippen molar-refractivity contribution in [1.82, 2.24) is 4.98 Å². The van der Waals surface area contributed by atoms with Gasteiger partial charge in [-0.1, -0.05) is 36.8 Å². The van der Waals surface area contributed by atoms with Gasteiger partial charge in [-0.3, -0.25) is 0 Å². The monoisotopic (exact) mass is 312 g/mol. The van der Waals surface area contributed by atoms with Crippen molar-refractivity contribution < 1.29 is 5.94 Å². The zero-order valence-electron chi connectivity index (χ0n) is 15.1. The Bertz CT molecular complexity index is 904. The number of rotatable bonds is 2. The van der Waals surface area contributed by atoms with Gasteiger partial charge in [0.05, 0.1) is 0 Å². The van der Waals surface area contributed by atoms with Crippen LogP contribution in [0.4, 0.5) is 0 Å². The summed E-state index contributed by atoms with van der Waals surface area (Å²) in [6.07, 6.45) is 0. The number of thiazole rings is 1. The second-order valence-electron chi connectivity index (χ2n) is 6.24. The van der Waals surface area contributed by atoms with Gasteiger partial charge in [0.2, 0.25) is 5.69 Å². The standard InChI is InChI=1S/C19H23N2S/c1-11(2)18-20-16-7-8-17(21(6)19(16)22-18)15-10-12(3)9-13(4)14(15)5/h7-11H,1-6H3/q+1/i11D. The summed E-state index contributed by atoms with van der Waals surface area (Å²) in [6.45, 7) is 10.3. The van der Waals surface area contributed by atoms with Crippen LogP contribution in [-0.2, 0) is 7.05 Å². The van der Waals surface area contributed by atoms with E-state index in [1.807, 2.05) is 13.8 Å². The third-order valence-corrected chi connectivity index (χ3v) is 5.58. The molecule has 0 N–H and O–H groups in total. The van der Waals surface area contributed by atoms with E-state index in [0.29, 0.717) is 0 Å². The summed E-state index contributed by atoms with van der Waals surface area (Å²) < 4.78 is 10.4. The molecule has 3 aromatic rings. The quantitative estimate of drug-likeness (QED) is 0.619. The van der Waals surface area contributed by atoms with Crippen molar-refractivity contribution in [3.63, 3.8) is 0 Å². The van der Waals surface area contributed by atoms with E-state index in [1.165, 1.54) is 27.9 Å². The predicted molar refractivity (Wildman–Crippen MR) is 94.5 cm³/mol. The van der Waals surface area contributed by atoms with Crippen LogP contribution in [0.25, 0.3) is 21.6 Å². The first kappa shape index (κ1) is 13.9. The summed E-state index contributed by atoms with van der Waals surface area (Å²) in [6, 6.07) is 8.70. The highest BCUT2D eigenvalue weighted by atomic mass is 32.1. The van der Waals surface area contributed by atoms with Gasteiger partial charge in [0.15, 0.2) is 0 Å². The average molecular weight is 312 g/mol. The van der Waals surface area contributed by atoms with E-state index in [1.54, 1.807) is 11.3 Å². The Balaban J connectivity index is 2.26. The molecular weight excluding hydrogens is 288 g/mol. The third kappa shape index (κ3) is 2.44. The number of aryl methyl sites for hydroxylation is 3. The van der Waals surface area contributed by atoms with Crippen molar-refractivity contribution in [1.29, 1.82) is 0 Å². The van der Waals surface area contributed by atoms with E-state index in [-0.39, 0.29) is 0 Å². The molecule has 2 aromatic heterocycles. The lowest BCUT2D eigenvalue weighted by atomic mass is 9.97. The van der Waals surface area contributed by atoms with Crippen LogP contribution in [0.15, 0.2) is 24.3 Å². The second-order valence-corrected chi connectivity index (χ2v) is 7.22. The lowest BCUT2D eigenvalue weighted by Crippen LogP contribution is -2.31. The fourth-order valence-electron chi connectivity index (χ4n) is 2.84. The summed E-state index contributed by atoms with van der Waals surface area (Å²) in [5.41, 5.74) is 7.35. The van der Waals surface area contributed by atoms with Crippen LogP contribution in [0.3, 0.4) is 0 Å². The SMILES string of the molecule is [2H]C(C)(C)c1nc2ccc(-c3cc(C)cc(C)c3C)[n+](C)c2s1. The predicted octanol–water partition coefficient (Wildman–Crippen LogP) is 4.84. The molecule has 0 atom stereocenters. The molecular formula is C19H23N2S+. The van der Waals surface area contributed by atoms with Gasteiger partial charge in [-0.25, -0.2) is 4.98 Å². The number of aromatic nitrogens is 2. The van der Waals surface area contributed by atoms with Gasteiger partial charge >= 0.3 is 0 Å². The molecule has 2 nitrogen and oxygen atoms in total. The van der Waals surface area contributed by atoms with Crippen molar-refractivity contribution in [2.45, 2.75) is 40.5 Å². The van der Waals surface area contributed by atoms with Crippen molar-refractivity contribution in [3.05, 3.63) is 46.0 Å². The number of fused-ring (bicyclic) bond motifs is 1. The molecule has 3 rings (SSSR count). The minimum absolute atomic E-state index is 0.660. The molecule has 0 aliphatic heterocycles. The maximum atomic E-state index is 8.22. The zero-order chi connectivity index (χ0) is 16.9. The molecule has 0 fully saturated rings. The van der Waals surface area contributed by atoms with E-state index in [0.717, 1.165) is 15.4 Å². The Morgan fingerprint density at radius 1 is 1.18 bits per heavy atom. The number of hydrogen-bond donors (Lipinski definition) is 0. The normalized spacial score (nSPS) is 12.7. The largest absolute Gasteiger partial charge is 0.289 e. The molecule has 22 heavy (non-hydrogen) atoms. The highest BCUT2D eigenvalue weighted by molar-refractivity contribution is 7.17. The van der Waals surface area contributed by atoms with Gasteiger partial charge < -0.3 is 0 Å². The summed E-state index contributed by atoms with van der Waals surface area (Å²) in [5, 5.41) is 0.859. The molecule has 2 heterocycles. The molecule has 0 bridgehead atoms. The van der Waals surface area contributed by atoms with Crippen molar-refractivity contribution in [3.8, 4) is 11.3 Å². The van der Waals surface area contributed by atoms with Crippen molar-refractivity contribution >= 4 is 21.7 Å². The molecule has 0 radical (unpaired) electrons. The Morgan fingerprint density at radius 2 is 1.91 bits per heavy atom. The molecule has 1 aromatic carbocycles. The smallest absolute Gasteiger partial charge is 0.234 e. The van der Waals surface area contributed by atoms with Gasteiger partial charge in [-0.15, -0.1) is 0 Å². The Morgan fingerprint density at radius 3 is 2.59 bits per heavy atom. The number of hydrogen-bond acceptors (Lipinski definition) is 2. The van der Waals surface area contributed by atoms with Crippen LogP contribution in [0.5, 0.6) is 0 Å². The van der Waals surface area contributed by atoms with Crippen LogP contribution in [-0.4, -0.2) is 4.98 Å². The molecule has 0 saturated heterocycles. The van der Waals surface area contributed by atoms with Crippen LogP contribution in [0.2, 0.25) is 0 Å². The van der Waals surface area contributed by atoms with Crippen LogP contribution in [0.1, 0.15) is 42.8 Å². The molecule has 0 amide bonds. The van der Waals surface area contributed by atoms with Gasteiger partial charge in [0, 0.05) is 18.9 Å². The van der Waals surface area contributed by atoms with E-state index < -0.39 is 5.89 Å². The fraction of sp³-hybridized carbons (Fsp3) is 0.368. The lowest BCUT2D eigenvalue weighted by Gasteiger charge is -2.09. The average Bonchev–Trinajstić information content (AvgIpc) is 2.89. The lowest BCUT2D eigenvalue weighted by molar-refractivity contribution is -0.631. The molecule has 0 saturated carbocycles. The fourth-order valence-corrected chi connectivity index (χ4v) is 3.83. The first-order valence-electron chi connectivity index (χ1n) is 8.07. The van der Waals surface area contributed by atoms with Crippen LogP contribution >= 0.6 is 11.3 Å². The van der Waals surface area contributed by atoms with E-state index in [9.17, 15) is 0 Å². The second kappa shape index (κ2) is 5.47. The van der Waals surface area contributed by atoms with Gasteiger partial charge in [0.1, 0.15) is 17.6 Å². The summed E-state index contributed by atoms with van der Waals surface area (Å²) in [5.74, 6) is -0.660. The Kier molecular flexibility index (Phi) is 3.45. The highest BCUT2D eigenvalue weighted by Crippen LogP contribution is 2.29. The minimum atomic E-state index is -0.660. The minimum Gasteiger partial charge on any atom is -0.234 e. The van der Waals surface area contributed by atoms with E-state index >= 15 is 0 Å². The van der Waals surface area contributed by atoms with Crippen molar-refractivity contribution in [2.24, 2.45) is 7.05 Å². The third-order valence-electron chi connectivity index (χ3n) is 4.21. The first-order chi connectivity index (χ1) is 10.7. The maximum absolute atomic E-state index is 8.22. The Hall–Kier alpha value is -1.74. The van der Waals surface area contributed by atoms with Crippen LogP contribution in [0, 0.1) is 20.8 Å². The molecule has 114 valence electrons. The molecule has 0 spiro atoms. The van der Waals surface area contributed by atoms with Gasteiger partial charge in [-0.05, 0) is 44.0 Å². The maximum Gasteiger partial charge on any atom is 0.289 e. The van der Waals surface area contributed by atoms with E-state index in [4.69, 9.17) is 1.37 Å². The molecule has 0 aliphatic rings. The highest BCUT2D eigenvalue weighted by Gasteiger charge is 2.20. The molecule has 0 aliphatic carbocycles. The summed E-state index contributed by atoms with van der Waals surface area (Å²) >= 11 is 1.62. The number of nitrogens with zero attached hydrogens (tertiary/aromatic N) is 2. The molecule has 3 heteroatoms. The summed E-state index contributed by atoms with van der Waals surface area (Å²) in [4.78, 5) is 5.77. The van der Waals surface area contributed by atoms with Crippen molar-refractivity contribution in [2.75, 3.05) is 0 Å². The molecule has 0 unspecified atom stereocenters. The zero-order valence-corrected chi connectivity index (χ0v) is 14.9. The van der Waals surface area contributed by atoms with Gasteiger partial charge in [0.25, 0.3) is 4.83 Å².